The van der Waals surface area contributed by atoms with Crippen molar-refractivity contribution >= 4 is 17.6 Å². The lowest BCUT2D eigenvalue weighted by Gasteiger charge is -2.14. The maximum atomic E-state index is 12.1. The number of hydrogen-bond donors (Lipinski definition) is 3. The molecular formula is C19H30N2O3. The first-order valence-corrected chi connectivity index (χ1v) is 8.80. The number of aliphatic carboxylic acids is 1. The number of hydrogen-bond acceptors (Lipinski definition) is 3. The molecule has 3 N–H and O–H groups in total. The van der Waals surface area contributed by atoms with Crippen LogP contribution in [0.4, 0.5) is 5.69 Å². The molecule has 1 unspecified atom stereocenters. The summed E-state index contributed by atoms with van der Waals surface area (Å²) in [5, 5.41) is 15.0. The third-order valence-corrected chi connectivity index (χ3v) is 3.97. The number of anilines is 1. The van der Waals surface area contributed by atoms with Crippen LogP contribution in [0.25, 0.3) is 0 Å². The molecule has 5 nitrogen and oxygen atoms in total. The van der Waals surface area contributed by atoms with Gasteiger partial charge in [0, 0.05) is 5.69 Å². The molecule has 0 aliphatic heterocycles. The first kappa shape index (κ1) is 20.2. The number of carboxylic acid groups (broad SMARTS) is 1. The van der Waals surface area contributed by atoms with Gasteiger partial charge in [0.25, 0.3) is 0 Å². The van der Waals surface area contributed by atoms with E-state index < -0.39 is 12.0 Å². The molecule has 0 bridgehead atoms. The molecule has 0 radical (unpaired) electrons. The second-order valence-electron chi connectivity index (χ2n) is 6.43. The molecule has 1 atom stereocenters. The fraction of sp³-hybridized carbons (Fsp3) is 0.579. The van der Waals surface area contributed by atoms with Crippen molar-refractivity contribution in [2.45, 2.75) is 64.8 Å². The molecule has 5 heteroatoms. The van der Waals surface area contributed by atoms with Crippen LogP contribution in [0.15, 0.2) is 24.3 Å². The van der Waals surface area contributed by atoms with E-state index in [2.05, 4.69) is 31.4 Å². The smallest absolute Gasteiger partial charge is 0.321 e. The molecule has 0 saturated carbocycles. The zero-order valence-corrected chi connectivity index (χ0v) is 15.0. The van der Waals surface area contributed by atoms with E-state index in [0.29, 0.717) is 18.2 Å². The summed E-state index contributed by atoms with van der Waals surface area (Å²) in [6, 6.07) is 6.80. The van der Waals surface area contributed by atoms with E-state index in [1.807, 2.05) is 24.3 Å². The molecular weight excluding hydrogens is 304 g/mol. The quantitative estimate of drug-likeness (QED) is 0.538. The van der Waals surface area contributed by atoms with Crippen molar-refractivity contribution in [1.82, 2.24) is 5.32 Å². The van der Waals surface area contributed by atoms with E-state index in [9.17, 15) is 14.7 Å². The van der Waals surface area contributed by atoms with Crippen molar-refractivity contribution in [2.24, 2.45) is 0 Å². The second kappa shape index (κ2) is 10.8. The van der Waals surface area contributed by atoms with Gasteiger partial charge in [0.05, 0.1) is 6.42 Å². The Morgan fingerprint density at radius 1 is 1.08 bits per heavy atom. The molecule has 0 aliphatic rings. The zero-order valence-electron chi connectivity index (χ0n) is 15.0. The van der Waals surface area contributed by atoms with Gasteiger partial charge in [-0.15, -0.1) is 0 Å². The standard InChI is InChI=1S/C19H30N2O3/c1-4-5-6-7-12-20-17(19(23)24)13-18(22)21-16-10-8-15(9-11-16)14(2)3/h8-11,14,17,20H,4-7,12-13H2,1-3H3,(H,21,22)(H,23,24). The first-order chi connectivity index (χ1) is 11.4. The van der Waals surface area contributed by atoms with Gasteiger partial charge in [0.15, 0.2) is 0 Å². The van der Waals surface area contributed by atoms with Crippen molar-refractivity contribution in [3.8, 4) is 0 Å². The molecule has 1 aromatic carbocycles. The third kappa shape index (κ3) is 7.59. The van der Waals surface area contributed by atoms with Gasteiger partial charge in [-0.25, -0.2) is 0 Å². The number of carbonyl (C=O) groups is 2. The molecule has 24 heavy (non-hydrogen) atoms. The lowest BCUT2D eigenvalue weighted by molar-refractivity contribution is -0.141. The highest BCUT2D eigenvalue weighted by molar-refractivity contribution is 5.94. The number of carbonyl (C=O) groups excluding carboxylic acids is 1. The highest BCUT2D eigenvalue weighted by Gasteiger charge is 2.20. The highest BCUT2D eigenvalue weighted by Crippen LogP contribution is 2.17. The van der Waals surface area contributed by atoms with E-state index >= 15 is 0 Å². The van der Waals surface area contributed by atoms with Crippen LogP contribution in [0.2, 0.25) is 0 Å². The van der Waals surface area contributed by atoms with Crippen LogP contribution in [-0.2, 0) is 9.59 Å². The number of benzene rings is 1. The van der Waals surface area contributed by atoms with Crippen molar-refractivity contribution in [3.05, 3.63) is 29.8 Å². The summed E-state index contributed by atoms with van der Waals surface area (Å²) in [5.74, 6) is -0.848. The minimum Gasteiger partial charge on any atom is -0.480 e. The van der Waals surface area contributed by atoms with E-state index in [0.717, 1.165) is 25.7 Å². The number of nitrogens with one attached hydrogen (secondary N) is 2. The van der Waals surface area contributed by atoms with Crippen molar-refractivity contribution in [2.75, 3.05) is 11.9 Å². The Morgan fingerprint density at radius 3 is 2.29 bits per heavy atom. The Bertz CT molecular complexity index is 512. The summed E-state index contributed by atoms with van der Waals surface area (Å²) >= 11 is 0. The SMILES string of the molecule is CCCCCCNC(CC(=O)Nc1ccc(C(C)C)cc1)C(=O)O. The Hall–Kier alpha value is -1.88. The summed E-state index contributed by atoms with van der Waals surface area (Å²) in [4.78, 5) is 23.4. The average molecular weight is 334 g/mol. The topological polar surface area (TPSA) is 78.4 Å². The highest BCUT2D eigenvalue weighted by atomic mass is 16.4. The van der Waals surface area contributed by atoms with Crippen LogP contribution in [0.1, 0.15) is 64.4 Å². The van der Waals surface area contributed by atoms with Crippen LogP contribution in [0, 0.1) is 0 Å². The minimum absolute atomic E-state index is 0.0744. The van der Waals surface area contributed by atoms with Gasteiger partial charge in [0.2, 0.25) is 5.91 Å². The predicted molar refractivity (Wildman–Crippen MR) is 97.3 cm³/mol. The van der Waals surface area contributed by atoms with Crippen molar-refractivity contribution in [3.63, 3.8) is 0 Å². The lowest BCUT2D eigenvalue weighted by atomic mass is 10.0. The molecule has 0 heterocycles. The predicted octanol–water partition coefficient (Wildman–Crippen LogP) is 3.76. The largest absolute Gasteiger partial charge is 0.480 e. The molecule has 0 fully saturated rings. The molecule has 134 valence electrons. The summed E-state index contributed by atoms with van der Waals surface area (Å²) in [5.41, 5.74) is 1.89. The first-order valence-electron chi connectivity index (χ1n) is 8.80. The van der Waals surface area contributed by atoms with Gasteiger partial charge < -0.3 is 15.7 Å². The van der Waals surface area contributed by atoms with Crippen molar-refractivity contribution < 1.29 is 14.7 Å². The molecule has 0 spiro atoms. The number of carboxylic acids is 1. The fourth-order valence-electron chi connectivity index (χ4n) is 2.42. The Morgan fingerprint density at radius 2 is 1.75 bits per heavy atom. The van der Waals surface area contributed by atoms with E-state index in [1.54, 1.807) is 0 Å². The molecule has 1 rings (SSSR count). The number of amides is 1. The Labute approximate surface area is 144 Å². The second-order valence-corrected chi connectivity index (χ2v) is 6.43. The lowest BCUT2D eigenvalue weighted by Crippen LogP contribution is -2.40. The average Bonchev–Trinajstić information content (AvgIpc) is 2.53. The van der Waals surface area contributed by atoms with Crippen molar-refractivity contribution in [1.29, 1.82) is 0 Å². The minimum atomic E-state index is -0.990. The summed E-state index contributed by atoms with van der Waals surface area (Å²) in [6.07, 6.45) is 4.21. The van der Waals surface area contributed by atoms with E-state index in [4.69, 9.17) is 0 Å². The molecule has 0 aliphatic carbocycles. The number of unbranched alkanes of at least 4 members (excludes halogenated alkanes) is 3. The van der Waals surface area contributed by atoms with Crippen LogP contribution in [-0.4, -0.2) is 29.6 Å². The zero-order chi connectivity index (χ0) is 17.9. The van der Waals surface area contributed by atoms with Gasteiger partial charge in [-0.3, -0.25) is 9.59 Å². The summed E-state index contributed by atoms with van der Waals surface area (Å²) in [6.45, 7) is 6.97. The third-order valence-electron chi connectivity index (χ3n) is 3.97. The summed E-state index contributed by atoms with van der Waals surface area (Å²) in [7, 11) is 0. The fourth-order valence-corrected chi connectivity index (χ4v) is 2.42. The van der Waals surface area contributed by atoms with Crippen LogP contribution >= 0.6 is 0 Å². The van der Waals surface area contributed by atoms with Crippen LogP contribution < -0.4 is 10.6 Å². The maximum Gasteiger partial charge on any atom is 0.321 e. The molecule has 0 saturated heterocycles. The van der Waals surface area contributed by atoms with Gasteiger partial charge in [-0.2, -0.15) is 0 Å². The number of rotatable bonds is 11. The van der Waals surface area contributed by atoms with Gasteiger partial charge >= 0.3 is 5.97 Å². The normalized spacial score (nSPS) is 12.2. The molecule has 1 aromatic rings. The monoisotopic (exact) mass is 334 g/mol. The Kier molecular flexibility index (Phi) is 9.08. The van der Waals surface area contributed by atoms with Gasteiger partial charge in [-0.05, 0) is 36.6 Å². The summed E-state index contributed by atoms with van der Waals surface area (Å²) < 4.78 is 0. The van der Waals surface area contributed by atoms with E-state index in [1.165, 1.54) is 5.56 Å². The van der Waals surface area contributed by atoms with Crippen LogP contribution in [0.5, 0.6) is 0 Å². The van der Waals surface area contributed by atoms with Gasteiger partial charge in [-0.1, -0.05) is 52.2 Å². The molecule has 0 aromatic heterocycles. The van der Waals surface area contributed by atoms with Crippen LogP contribution in [0.3, 0.4) is 0 Å². The maximum absolute atomic E-state index is 12.1. The van der Waals surface area contributed by atoms with Gasteiger partial charge in [0.1, 0.15) is 6.04 Å². The molecule has 1 amide bonds. The Balaban J connectivity index is 2.45. The van der Waals surface area contributed by atoms with E-state index in [-0.39, 0.29) is 12.3 Å².